The number of amides is 1. The topological polar surface area (TPSA) is 67.8 Å². The van der Waals surface area contributed by atoms with Crippen LogP contribution >= 0.6 is 0 Å². The van der Waals surface area contributed by atoms with E-state index in [9.17, 15) is 4.79 Å². The normalized spacial score (nSPS) is 18.3. The Bertz CT molecular complexity index is 697. The first-order valence-corrected chi connectivity index (χ1v) is 8.85. The van der Waals surface area contributed by atoms with Gasteiger partial charge < -0.3 is 5.32 Å². The van der Waals surface area contributed by atoms with Gasteiger partial charge in [-0.3, -0.25) is 14.8 Å². The van der Waals surface area contributed by atoms with Gasteiger partial charge in [0.1, 0.15) is 5.82 Å². The second-order valence-electron chi connectivity index (χ2n) is 6.86. The largest absolute Gasteiger partial charge is 0.310 e. The number of nitrogens with zero attached hydrogens (tertiary/aromatic N) is 3. The Morgan fingerprint density at radius 3 is 2.29 bits per heavy atom. The standard InChI is InChI=1S/C19H22N4O/c24-19(15-10-16-17(11-15)21-9-8-20-16)23-18-7-6-14(12-22-18)13-4-2-1-3-5-13/h6-9,12-13,15H,1-5,10-11H2,(H,22,23,24). The van der Waals surface area contributed by atoms with E-state index in [1.165, 1.54) is 37.7 Å². The van der Waals surface area contributed by atoms with Gasteiger partial charge in [-0.1, -0.05) is 25.3 Å². The Morgan fingerprint density at radius 2 is 1.67 bits per heavy atom. The summed E-state index contributed by atoms with van der Waals surface area (Å²) in [5, 5.41) is 2.94. The molecule has 2 heterocycles. The maximum Gasteiger partial charge on any atom is 0.229 e. The van der Waals surface area contributed by atoms with Gasteiger partial charge in [-0.25, -0.2) is 4.98 Å². The monoisotopic (exact) mass is 322 g/mol. The highest BCUT2D eigenvalue weighted by Gasteiger charge is 2.29. The molecule has 1 saturated carbocycles. The van der Waals surface area contributed by atoms with E-state index in [-0.39, 0.29) is 11.8 Å². The molecule has 0 aliphatic heterocycles. The third-order valence-electron chi connectivity index (χ3n) is 5.23. The number of carbonyl (C=O) groups is 1. The molecule has 5 heteroatoms. The van der Waals surface area contributed by atoms with Gasteiger partial charge in [0.2, 0.25) is 5.91 Å². The van der Waals surface area contributed by atoms with Gasteiger partial charge in [0, 0.05) is 37.4 Å². The van der Waals surface area contributed by atoms with Crippen LogP contribution in [0, 0.1) is 5.92 Å². The SMILES string of the molecule is O=C(Nc1ccc(C2CCCCC2)cn1)C1Cc2nccnc2C1. The molecule has 0 unspecified atom stereocenters. The van der Waals surface area contributed by atoms with Crippen molar-refractivity contribution in [2.24, 2.45) is 5.92 Å². The van der Waals surface area contributed by atoms with E-state index in [1.54, 1.807) is 12.4 Å². The molecule has 124 valence electrons. The highest BCUT2D eigenvalue weighted by Crippen LogP contribution is 2.32. The molecule has 0 atom stereocenters. The molecule has 2 aliphatic rings. The molecule has 1 N–H and O–H groups in total. The average molecular weight is 322 g/mol. The minimum atomic E-state index is -0.0952. The number of pyridine rings is 1. The summed E-state index contributed by atoms with van der Waals surface area (Å²) in [7, 11) is 0. The Labute approximate surface area is 141 Å². The molecule has 4 rings (SSSR count). The summed E-state index contributed by atoms with van der Waals surface area (Å²) in [5.74, 6) is 1.18. The summed E-state index contributed by atoms with van der Waals surface area (Å²) >= 11 is 0. The van der Waals surface area contributed by atoms with E-state index < -0.39 is 0 Å². The Hall–Kier alpha value is -2.30. The van der Waals surface area contributed by atoms with Crippen molar-refractivity contribution in [3.05, 3.63) is 47.7 Å². The van der Waals surface area contributed by atoms with E-state index in [0.29, 0.717) is 24.6 Å². The Kier molecular flexibility index (Phi) is 4.24. The predicted octanol–water partition coefficient (Wildman–Crippen LogP) is 3.27. The quantitative estimate of drug-likeness (QED) is 0.941. The van der Waals surface area contributed by atoms with Crippen LogP contribution in [0.5, 0.6) is 0 Å². The predicted molar refractivity (Wildman–Crippen MR) is 91.6 cm³/mol. The van der Waals surface area contributed by atoms with E-state index in [2.05, 4.69) is 26.3 Å². The van der Waals surface area contributed by atoms with Gasteiger partial charge in [0.25, 0.3) is 0 Å². The molecule has 24 heavy (non-hydrogen) atoms. The number of nitrogens with one attached hydrogen (secondary N) is 1. The van der Waals surface area contributed by atoms with Gasteiger partial charge >= 0.3 is 0 Å². The number of hydrogen-bond donors (Lipinski definition) is 1. The van der Waals surface area contributed by atoms with E-state index in [0.717, 1.165) is 11.4 Å². The number of hydrogen-bond acceptors (Lipinski definition) is 4. The maximum absolute atomic E-state index is 12.5. The third kappa shape index (κ3) is 3.16. The summed E-state index contributed by atoms with van der Waals surface area (Å²) in [6.45, 7) is 0. The molecular formula is C19H22N4O. The molecule has 0 radical (unpaired) electrons. The molecule has 2 aromatic heterocycles. The lowest BCUT2D eigenvalue weighted by Crippen LogP contribution is -2.23. The molecule has 1 amide bonds. The fourth-order valence-corrected chi connectivity index (χ4v) is 3.85. The molecule has 0 spiro atoms. The molecule has 2 aromatic rings. The lowest BCUT2D eigenvalue weighted by atomic mass is 9.85. The number of fused-ring (bicyclic) bond motifs is 1. The van der Waals surface area contributed by atoms with Crippen molar-refractivity contribution in [3.8, 4) is 0 Å². The molecule has 2 aliphatic carbocycles. The van der Waals surface area contributed by atoms with Crippen molar-refractivity contribution >= 4 is 11.7 Å². The lowest BCUT2D eigenvalue weighted by molar-refractivity contribution is -0.119. The minimum Gasteiger partial charge on any atom is -0.310 e. The first kappa shape index (κ1) is 15.2. The van der Waals surface area contributed by atoms with Crippen LogP contribution in [0.25, 0.3) is 0 Å². The van der Waals surface area contributed by atoms with Crippen molar-refractivity contribution in [2.75, 3.05) is 5.32 Å². The first-order chi connectivity index (χ1) is 11.8. The van der Waals surface area contributed by atoms with Crippen LogP contribution < -0.4 is 5.32 Å². The van der Waals surface area contributed by atoms with Crippen molar-refractivity contribution in [1.82, 2.24) is 15.0 Å². The molecule has 0 aromatic carbocycles. The summed E-state index contributed by atoms with van der Waals surface area (Å²) < 4.78 is 0. The number of aromatic nitrogens is 3. The van der Waals surface area contributed by atoms with Crippen molar-refractivity contribution in [3.63, 3.8) is 0 Å². The smallest absolute Gasteiger partial charge is 0.229 e. The molecule has 5 nitrogen and oxygen atoms in total. The van der Waals surface area contributed by atoms with E-state index in [4.69, 9.17) is 0 Å². The van der Waals surface area contributed by atoms with Crippen LogP contribution in [-0.2, 0) is 17.6 Å². The zero-order chi connectivity index (χ0) is 16.4. The van der Waals surface area contributed by atoms with Gasteiger partial charge in [0.05, 0.1) is 11.4 Å². The first-order valence-electron chi connectivity index (χ1n) is 8.85. The minimum absolute atomic E-state index is 0.00714. The van der Waals surface area contributed by atoms with Crippen LogP contribution in [0.15, 0.2) is 30.7 Å². The average Bonchev–Trinajstić information content (AvgIpc) is 3.07. The third-order valence-corrected chi connectivity index (χ3v) is 5.23. The van der Waals surface area contributed by atoms with Crippen LogP contribution in [-0.4, -0.2) is 20.9 Å². The number of rotatable bonds is 3. The van der Waals surface area contributed by atoms with Gasteiger partial charge in [0.15, 0.2) is 0 Å². The highest BCUT2D eigenvalue weighted by atomic mass is 16.1. The van der Waals surface area contributed by atoms with Gasteiger partial charge in [-0.05, 0) is 30.4 Å². The molecular weight excluding hydrogens is 300 g/mol. The van der Waals surface area contributed by atoms with Crippen molar-refractivity contribution in [1.29, 1.82) is 0 Å². The van der Waals surface area contributed by atoms with Crippen molar-refractivity contribution in [2.45, 2.75) is 50.9 Å². The zero-order valence-corrected chi connectivity index (χ0v) is 13.7. The Morgan fingerprint density at radius 1 is 0.958 bits per heavy atom. The van der Waals surface area contributed by atoms with Gasteiger partial charge in [-0.15, -0.1) is 0 Å². The maximum atomic E-state index is 12.5. The fourth-order valence-electron chi connectivity index (χ4n) is 3.85. The van der Waals surface area contributed by atoms with E-state index >= 15 is 0 Å². The second-order valence-corrected chi connectivity index (χ2v) is 6.86. The lowest BCUT2D eigenvalue weighted by Gasteiger charge is -2.21. The molecule has 0 saturated heterocycles. The highest BCUT2D eigenvalue weighted by molar-refractivity contribution is 5.92. The molecule has 0 bridgehead atoms. The summed E-state index contributed by atoms with van der Waals surface area (Å²) in [6, 6.07) is 4.05. The van der Waals surface area contributed by atoms with E-state index in [1.807, 2.05) is 12.3 Å². The van der Waals surface area contributed by atoms with Crippen LogP contribution in [0.1, 0.15) is 55.0 Å². The fraction of sp³-hybridized carbons (Fsp3) is 0.474. The van der Waals surface area contributed by atoms with Crippen LogP contribution in [0.2, 0.25) is 0 Å². The number of carbonyl (C=O) groups excluding carboxylic acids is 1. The number of anilines is 1. The van der Waals surface area contributed by atoms with Crippen LogP contribution in [0.3, 0.4) is 0 Å². The second kappa shape index (κ2) is 6.67. The molecule has 1 fully saturated rings. The summed E-state index contributed by atoms with van der Waals surface area (Å²) in [4.78, 5) is 25.5. The van der Waals surface area contributed by atoms with Crippen LogP contribution in [0.4, 0.5) is 5.82 Å². The Balaban J connectivity index is 1.38. The zero-order valence-electron chi connectivity index (χ0n) is 13.7. The van der Waals surface area contributed by atoms with Gasteiger partial charge in [-0.2, -0.15) is 0 Å². The summed E-state index contributed by atoms with van der Waals surface area (Å²) in [6.07, 6.45) is 13.1. The van der Waals surface area contributed by atoms with Crippen molar-refractivity contribution < 1.29 is 4.79 Å². The summed E-state index contributed by atoms with van der Waals surface area (Å²) in [5.41, 5.74) is 3.19.